The molecule has 0 bridgehead atoms. The van der Waals surface area contributed by atoms with Gasteiger partial charge in [-0.3, -0.25) is 49.2 Å². The molecule has 4 aromatic carbocycles. The van der Waals surface area contributed by atoms with Gasteiger partial charge in [0.25, 0.3) is 35.0 Å². The summed E-state index contributed by atoms with van der Waals surface area (Å²) < 4.78 is 58.7. The number of fused-ring (bicyclic) bond motifs is 2. The minimum Gasteiger partial charge on any atom is -0.274 e. The van der Waals surface area contributed by atoms with Gasteiger partial charge in [0.15, 0.2) is 9.79 Å². The average molecular weight is 889 g/mol. The zero-order valence-electron chi connectivity index (χ0n) is 33.5. The molecule has 2 aliphatic heterocycles. The van der Waals surface area contributed by atoms with Crippen LogP contribution in [-0.4, -0.2) is 108 Å². The summed E-state index contributed by atoms with van der Waals surface area (Å²) in [6.45, 7) is -1.01. The molecule has 62 heavy (non-hydrogen) atoms. The predicted molar refractivity (Wildman–Crippen MR) is 224 cm³/mol. The van der Waals surface area contributed by atoms with E-state index in [2.05, 4.69) is 0 Å². The summed E-state index contributed by atoms with van der Waals surface area (Å²) in [6, 6.07) is 22.6. The maximum atomic E-state index is 14.2. The van der Waals surface area contributed by atoms with Gasteiger partial charge in [-0.05, 0) is 62.1 Å². The first-order valence-electron chi connectivity index (χ1n) is 20.0. The fraction of sp³-hybridized carbons (Fsp3) is 0.333. The van der Waals surface area contributed by atoms with Crippen LogP contribution < -0.4 is 0 Å². The van der Waals surface area contributed by atoms with Gasteiger partial charge in [0.05, 0.1) is 32.1 Å². The number of sulfonamides is 2. The Morgan fingerprint density at radius 1 is 0.419 bits per heavy atom. The van der Waals surface area contributed by atoms with Crippen LogP contribution in [0.5, 0.6) is 0 Å². The molecule has 0 fully saturated rings. The van der Waals surface area contributed by atoms with Crippen molar-refractivity contribution in [1.82, 2.24) is 18.4 Å². The topological polar surface area (TPSA) is 236 Å². The number of para-hydroxylation sites is 2. The summed E-state index contributed by atoms with van der Waals surface area (Å²) in [5.74, 6) is -1.58. The SMILES string of the molecule is O=C1c2ccccc2C(=O)N1CCCCCCN(CCN(CCCCCCN1C(=O)c2ccccc2C1=O)S(=O)(=O)c1ccccc1[N+](=O)[O-])S(=O)(=O)c1ccccc1[N+](=O)[O-]. The number of rotatable bonds is 23. The van der Waals surface area contributed by atoms with Gasteiger partial charge in [-0.2, -0.15) is 8.61 Å². The van der Waals surface area contributed by atoms with Gasteiger partial charge in [0.2, 0.25) is 20.0 Å². The molecule has 18 nitrogen and oxygen atoms in total. The van der Waals surface area contributed by atoms with Gasteiger partial charge in [0.1, 0.15) is 0 Å². The lowest BCUT2D eigenvalue weighted by Gasteiger charge is -2.27. The van der Waals surface area contributed by atoms with E-state index in [0.29, 0.717) is 60.8 Å². The van der Waals surface area contributed by atoms with Gasteiger partial charge in [0, 0.05) is 51.4 Å². The standard InChI is InChI=1S/C42H44N6O12S2/c49-39-31-17-5-6-18-32(31)40(50)45(39)27-15-3-1-13-25-43(61(57,58)37-23-11-9-21-35(37)47(53)54)29-30-44(62(59,60)38-24-12-10-22-36(38)48(55)56)26-14-2-4-16-28-46-41(51)33-19-7-8-20-34(33)42(46)52/h5-12,17-24H,1-4,13-16,25-30H2. The summed E-state index contributed by atoms with van der Waals surface area (Å²) in [5.41, 5.74) is -0.0543. The number of hydrogen-bond acceptors (Lipinski definition) is 12. The van der Waals surface area contributed by atoms with Gasteiger partial charge in [-0.15, -0.1) is 0 Å². The fourth-order valence-corrected chi connectivity index (χ4v) is 10.8. The lowest BCUT2D eigenvalue weighted by Crippen LogP contribution is -2.42. The van der Waals surface area contributed by atoms with Crippen LogP contribution in [0.1, 0.15) is 92.8 Å². The van der Waals surface area contributed by atoms with Gasteiger partial charge < -0.3 is 0 Å². The number of nitro groups is 2. The largest absolute Gasteiger partial charge is 0.289 e. The Morgan fingerprint density at radius 2 is 0.710 bits per heavy atom. The van der Waals surface area contributed by atoms with E-state index in [4.69, 9.17) is 0 Å². The number of benzene rings is 4. The van der Waals surface area contributed by atoms with Gasteiger partial charge >= 0.3 is 0 Å². The summed E-state index contributed by atoms with van der Waals surface area (Å²) in [7, 11) is -9.24. The molecule has 0 atom stereocenters. The normalized spacial score (nSPS) is 14.0. The molecule has 0 saturated heterocycles. The van der Waals surface area contributed by atoms with Crippen LogP contribution in [0.15, 0.2) is 107 Å². The number of nitro benzene ring substituents is 2. The molecule has 2 aliphatic rings. The number of carbonyl (C=O) groups is 4. The third-order valence-corrected chi connectivity index (χ3v) is 14.7. The lowest BCUT2D eigenvalue weighted by atomic mass is 10.1. The quantitative estimate of drug-likeness (QED) is 0.0367. The first-order valence-corrected chi connectivity index (χ1v) is 22.9. The Morgan fingerprint density at radius 3 is 1.03 bits per heavy atom. The second kappa shape index (κ2) is 19.7. The molecule has 4 aromatic rings. The van der Waals surface area contributed by atoms with Crippen molar-refractivity contribution in [1.29, 1.82) is 0 Å². The van der Waals surface area contributed by atoms with Crippen LogP contribution in [0.4, 0.5) is 11.4 Å². The molecule has 20 heteroatoms. The van der Waals surface area contributed by atoms with Crippen molar-refractivity contribution in [3.8, 4) is 0 Å². The summed E-state index contributed by atoms with van der Waals surface area (Å²) in [4.78, 5) is 74.4. The van der Waals surface area contributed by atoms with Gasteiger partial charge in [-0.1, -0.05) is 74.2 Å². The van der Waals surface area contributed by atoms with E-state index in [9.17, 15) is 56.2 Å². The first kappa shape index (κ1) is 45.3. The van der Waals surface area contributed by atoms with E-state index < -0.39 is 87.8 Å². The predicted octanol–water partition coefficient (Wildman–Crippen LogP) is 5.90. The number of nitrogens with zero attached hydrogens (tertiary/aromatic N) is 6. The Kier molecular flexibility index (Phi) is 14.4. The maximum Gasteiger partial charge on any atom is 0.289 e. The molecule has 6 rings (SSSR count). The van der Waals surface area contributed by atoms with E-state index in [1.807, 2.05) is 0 Å². The van der Waals surface area contributed by atoms with Crippen molar-refractivity contribution in [3.05, 3.63) is 140 Å². The van der Waals surface area contributed by atoms with Crippen LogP contribution in [0, 0.1) is 20.2 Å². The Bertz CT molecular complexity index is 2370. The second-order valence-electron chi connectivity index (χ2n) is 14.7. The molecule has 0 saturated carbocycles. The molecular weight excluding hydrogens is 845 g/mol. The highest BCUT2D eigenvalue weighted by atomic mass is 32.2. The van der Waals surface area contributed by atoms with E-state index in [0.717, 1.165) is 42.7 Å². The summed E-state index contributed by atoms with van der Waals surface area (Å²) in [6.07, 6.45) is 3.11. The van der Waals surface area contributed by atoms with E-state index in [-0.39, 0.29) is 39.0 Å². The number of unbranched alkanes of at least 4 members (excludes halogenated alkanes) is 6. The minimum atomic E-state index is -4.62. The molecule has 0 N–H and O–H groups in total. The number of carbonyl (C=O) groups excluding carboxylic acids is 4. The molecule has 0 radical (unpaired) electrons. The van der Waals surface area contributed by atoms with Gasteiger partial charge in [-0.25, -0.2) is 16.8 Å². The minimum absolute atomic E-state index is 0.145. The van der Waals surface area contributed by atoms with Crippen molar-refractivity contribution in [3.63, 3.8) is 0 Å². The monoisotopic (exact) mass is 888 g/mol. The van der Waals surface area contributed by atoms with Crippen molar-refractivity contribution >= 4 is 55.1 Å². The lowest BCUT2D eigenvalue weighted by molar-refractivity contribution is -0.388. The first-order chi connectivity index (χ1) is 29.7. The third-order valence-electron chi connectivity index (χ3n) is 10.8. The van der Waals surface area contributed by atoms with E-state index >= 15 is 0 Å². The Hall–Kier alpha value is -6.22. The molecular formula is C42H44N6O12S2. The summed E-state index contributed by atoms with van der Waals surface area (Å²) in [5, 5.41) is 23.9. The molecule has 4 amide bonds. The Balaban J connectivity index is 1.14. The van der Waals surface area contributed by atoms with E-state index in [1.165, 1.54) is 24.3 Å². The number of hydrogen-bond donors (Lipinski definition) is 0. The zero-order chi connectivity index (χ0) is 44.6. The number of imide groups is 2. The summed E-state index contributed by atoms with van der Waals surface area (Å²) >= 11 is 0. The molecule has 0 aromatic heterocycles. The highest BCUT2D eigenvalue weighted by molar-refractivity contribution is 7.89. The molecule has 0 unspecified atom stereocenters. The van der Waals surface area contributed by atoms with Crippen molar-refractivity contribution in [2.75, 3.05) is 39.3 Å². The van der Waals surface area contributed by atoms with Crippen molar-refractivity contribution in [2.24, 2.45) is 0 Å². The second-order valence-corrected chi connectivity index (χ2v) is 18.5. The highest BCUT2D eigenvalue weighted by Crippen LogP contribution is 2.30. The number of amides is 4. The molecule has 0 aliphatic carbocycles. The molecule has 326 valence electrons. The van der Waals surface area contributed by atoms with Crippen molar-refractivity contribution < 1.29 is 45.9 Å². The van der Waals surface area contributed by atoms with Crippen LogP contribution >= 0.6 is 0 Å². The van der Waals surface area contributed by atoms with Crippen molar-refractivity contribution in [2.45, 2.75) is 61.2 Å². The van der Waals surface area contributed by atoms with Crippen LogP contribution in [-0.2, 0) is 20.0 Å². The smallest absolute Gasteiger partial charge is 0.274 e. The third kappa shape index (κ3) is 9.62. The van der Waals surface area contributed by atoms with Crippen LogP contribution in [0.3, 0.4) is 0 Å². The molecule has 0 spiro atoms. The molecule has 2 heterocycles. The highest BCUT2D eigenvalue weighted by Gasteiger charge is 2.37. The fourth-order valence-electron chi connectivity index (χ4n) is 7.57. The van der Waals surface area contributed by atoms with Crippen LogP contribution in [0.2, 0.25) is 0 Å². The van der Waals surface area contributed by atoms with E-state index in [1.54, 1.807) is 48.5 Å². The zero-order valence-corrected chi connectivity index (χ0v) is 35.2. The Labute approximate surface area is 358 Å². The van der Waals surface area contributed by atoms with Crippen LogP contribution in [0.25, 0.3) is 0 Å². The average Bonchev–Trinajstić information content (AvgIpc) is 3.65. The maximum absolute atomic E-state index is 14.2.